The second-order valence-electron chi connectivity index (χ2n) is 7.56. The summed E-state index contributed by atoms with van der Waals surface area (Å²) in [7, 11) is -0.401. The molecule has 0 atom stereocenters. The maximum atomic E-state index is 6.27. The minimum Gasteiger partial charge on any atom is -0.399 e. The van der Waals surface area contributed by atoms with Gasteiger partial charge in [-0.1, -0.05) is 48.5 Å². The Hall–Kier alpha value is -2.17. The Morgan fingerprint density at radius 1 is 0.800 bits per heavy atom. The van der Waals surface area contributed by atoms with E-state index in [4.69, 9.17) is 9.31 Å². The fourth-order valence-electron chi connectivity index (χ4n) is 3.22. The van der Waals surface area contributed by atoms with Crippen LogP contribution in [0.15, 0.2) is 60.8 Å². The van der Waals surface area contributed by atoms with Crippen LogP contribution in [0.4, 0.5) is 0 Å². The molecule has 1 fully saturated rings. The van der Waals surface area contributed by atoms with Crippen LogP contribution in [0.2, 0.25) is 0 Å². The summed E-state index contributed by atoms with van der Waals surface area (Å²) in [4.78, 5) is 4.67. The zero-order valence-electron chi connectivity index (χ0n) is 15.1. The van der Waals surface area contributed by atoms with E-state index < -0.39 is 7.12 Å². The van der Waals surface area contributed by atoms with E-state index in [1.54, 1.807) is 0 Å². The number of pyridine rings is 1. The minimum absolute atomic E-state index is 0.364. The lowest BCUT2D eigenvalue weighted by Crippen LogP contribution is -2.41. The molecule has 0 N–H and O–H groups in total. The molecule has 25 heavy (non-hydrogen) atoms. The molecule has 1 aliphatic heterocycles. The fraction of sp³-hybridized carbons (Fsp3) is 0.286. The van der Waals surface area contributed by atoms with Crippen LogP contribution in [0.5, 0.6) is 0 Å². The third-order valence-corrected chi connectivity index (χ3v) is 5.40. The molecule has 3 nitrogen and oxygen atoms in total. The van der Waals surface area contributed by atoms with Gasteiger partial charge in [0.15, 0.2) is 0 Å². The van der Waals surface area contributed by atoms with Crippen molar-refractivity contribution in [1.29, 1.82) is 0 Å². The third kappa shape index (κ3) is 2.66. The van der Waals surface area contributed by atoms with Crippen LogP contribution in [0.3, 0.4) is 0 Å². The lowest BCUT2D eigenvalue weighted by Gasteiger charge is -2.32. The van der Waals surface area contributed by atoms with Gasteiger partial charge in [0.1, 0.15) is 0 Å². The van der Waals surface area contributed by atoms with Crippen molar-refractivity contribution in [2.75, 3.05) is 0 Å². The van der Waals surface area contributed by atoms with Gasteiger partial charge in [0.05, 0.1) is 16.9 Å². The zero-order chi connectivity index (χ0) is 17.7. The lowest BCUT2D eigenvalue weighted by molar-refractivity contribution is 0.00578. The Bertz CT molecular complexity index is 915. The number of rotatable bonds is 2. The van der Waals surface area contributed by atoms with E-state index in [0.717, 1.165) is 22.1 Å². The Labute approximate surface area is 149 Å². The standard InChI is InChI=1S/C21H22BNO2/c1-20(2)21(3,4)25-22(24-20)18-12-8-7-11-17(18)19-16-10-6-5-9-15(16)13-14-23-19/h5-14H,1-4H3. The van der Waals surface area contributed by atoms with Crippen LogP contribution >= 0.6 is 0 Å². The van der Waals surface area contributed by atoms with E-state index in [1.807, 2.05) is 36.5 Å². The van der Waals surface area contributed by atoms with E-state index in [-0.39, 0.29) is 11.2 Å². The third-order valence-electron chi connectivity index (χ3n) is 5.40. The molecule has 0 aliphatic carbocycles. The second kappa shape index (κ2) is 5.68. The molecule has 1 aliphatic rings. The predicted octanol–water partition coefficient (Wildman–Crippen LogP) is 4.20. The van der Waals surface area contributed by atoms with Gasteiger partial charge in [0.2, 0.25) is 0 Å². The molecule has 0 bridgehead atoms. The van der Waals surface area contributed by atoms with Crippen LogP contribution in [0.25, 0.3) is 22.0 Å². The highest BCUT2D eigenvalue weighted by Gasteiger charge is 2.52. The molecule has 1 aromatic heterocycles. The average Bonchev–Trinajstić information content (AvgIpc) is 2.82. The first-order valence-corrected chi connectivity index (χ1v) is 8.68. The summed E-state index contributed by atoms with van der Waals surface area (Å²) < 4.78 is 12.5. The fourth-order valence-corrected chi connectivity index (χ4v) is 3.22. The Morgan fingerprint density at radius 3 is 2.20 bits per heavy atom. The molecule has 2 aromatic carbocycles. The molecule has 126 valence electrons. The van der Waals surface area contributed by atoms with Crippen LogP contribution in [-0.4, -0.2) is 23.3 Å². The first kappa shape index (κ1) is 16.3. The Balaban J connectivity index is 1.86. The predicted molar refractivity (Wildman–Crippen MR) is 103 cm³/mol. The van der Waals surface area contributed by atoms with E-state index in [9.17, 15) is 0 Å². The summed E-state index contributed by atoms with van der Waals surface area (Å²) >= 11 is 0. The van der Waals surface area contributed by atoms with Gasteiger partial charge in [-0.25, -0.2) is 0 Å². The van der Waals surface area contributed by atoms with Crippen molar-refractivity contribution in [3.8, 4) is 11.3 Å². The molecule has 0 unspecified atom stereocenters. The quantitative estimate of drug-likeness (QED) is 0.660. The summed E-state index contributed by atoms with van der Waals surface area (Å²) in [6.45, 7) is 8.30. The summed E-state index contributed by atoms with van der Waals surface area (Å²) in [5, 5.41) is 2.31. The Morgan fingerprint density at radius 2 is 1.44 bits per heavy atom. The SMILES string of the molecule is CC1(C)OB(c2ccccc2-c2nccc3ccccc23)OC1(C)C. The minimum atomic E-state index is -0.401. The molecule has 0 saturated carbocycles. The monoisotopic (exact) mass is 331 g/mol. The van der Waals surface area contributed by atoms with Gasteiger partial charge in [-0.2, -0.15) is 0 Å². The number of hydrogen-bond acceptors (Lipinski definition) is 3. The van der Waals surface area contributed by atoms with Gasteiger partial charge in [-0.3, -0.25) is 4.98 Å². The topological polar surface area (TPSA) is 31.4 Å². The lowest BCUT2D eigenvalue weighted by atomic mass is 9.75. The van der Waals surface area contributed by atoms with E-state index >= 15 is 0 Å². The first-order valence-electron chi connectivity index (χ1n) is 8.68. The number of aromatic nitrogens is 1. The van der Waals surface area contributed by atoms with Gasteiger partial charge in [0, 0.05) is 17.1 Å². The number of benzene rings is 2. The molecule has 4 rings (SSSR count). The molecule has 3 aromatic rings. The molecule has 0 amide bonds. The number of hydrogen-bond donors (Lipinski definition) is 0. The van der Waals surface area contributed by atoms with E-state index in [1.165, 1.54) is 5.39 Å². The normalized spacial score (nSPS) is 18.6. The smallest absolute Gasteiger partial charge is 0.399 e. The molecular weight excluding hydrogens is 309 g/mol. The summed E-state index contributed by atoms with van der Waals surface area (Å²) in [5.41, 5.74) is 2.31. The molecule has 0 spiro atoms. The van der Waals surface area contributed by atoms with Crippen molar-refractivity contribution in [3.05, 3.63) is 60.8 Å². The largest absolute Gasteiger partial charge is 0.495 e. The van der Waals surface area contributed by atoms with Gasteiger partial charge < -0.3 is 9.31 Å². The average molecular weight is 331 g/mol. The summed E-state index contributed by atoms with van der Waals surface area (Å²) in [6.07, 6.45) is 1.86. The van der Waals surface area contributed by atoms with Crippen LogP contribution in [0, 0.1) is 0 Å². The zero-order valence-corrected chi connectivity index (χ0v) is 15.1. The van der Waals surface area contributed by atoms with Crippen molar-refractivity contribution in [1.82, 2.24) is 4.98 Å². The molecule has 0 radical (unpaired) electrons. The maximum Gasteiger partial charge on any atom is 0.495 e. The van der Waals surface area contributed by atoms with Crippen molar-refractivity contribution in [2.24, 2.45) is 0 Å². The molecule has 2 heterocycles. The molecule has 1 saturated heterocycles. The number of nitrogens with zero attached hydrogens (tertiary/aromatic N) is 1. The van der Waals surface area contributed by atoms with Gasteiger partial charge in [0.25, 0.3) is 0 Å². The highest BCUT2D eigenvalue weighted by Crippen LogP contribution is 2.37. The van der Waals surface area contributed by atoms with E-state index in [0.29, 0.717) is 0 Å². The molecular formula is C21H22BNO2. The second-order valence-corrected chi connectivity index (χ2v) is 7.56. The molecule has 4 heteroatoms. The summed E-state index contributed by atoms with van der Waals surface area (Å²) in [5.74, 6) is 0. The number of fused-ring (bicyclic) bond motifs is 1. The van der Waals surface area contributed by atoms with Gasteiger partial charge in [-0.05, 0) is 44.6 Å². The Kier molecular flexibility index (Phi) is 3.71. The van der Waals surface area contributed by atoms with Crippen molar-refractivity contribution in [3.63, 3.8) is 0 Å². The van der Waals surface area contributed by atoms with Gasteiger partial charge in [-0.15, -0.1) is 0 Å². The highest BCUT2D eigenvalue weighted by atomic mass is 16.7. The van der Waals surface area contributed by atoms with Crippen LogP contribution < -0.4 is 5.46 Å². The summed E-state index contributed by atoms with van der Waals surface area (Å²) in [6, 6.07) is 18.6. The van der Waals surface area contributed by atoms with Crippen molar-refractivity contribution >= 4 is 23.4 Å². The highest BCUT2D eigenvalue weighted by molar-refractivity contribution is 6.64. The first-order chi connectivity index (χ1) is 11.9. The van der Waals surface area contributed by atoms with Gasteiger partial charge >= 0.3 is 7.12 Å². The van der Waals surface area contributed by atoms with Crippen LogP contribution in [-0.2, 0) is 9.31 Å². The van der Waals surface area contributed by atoms with Crippen molar-refractivity contribution < 1.29 is 9.31 Å². The maximum absolute atomic E-state index is 6.27. The van der Waals surface area contributed by atoms with Crippen molar-refractivity contribution in [2.45, 2.75) is 38.9 Å². The van der Waals surface area contributed by atoms with E-state index in [2.05, 4.69) is 56.9 Å². The van der Waals surface area contributed by atoms with Crippen LogP contribution in [0.1, 0.15) is 27.7 Å².